The van der Waals surface area contributed by atoms with Gasteiger partial charge in [-0.25, -0.2) is 0 Å². The van der Waals surface area contributed by atoms with E-state index in [0.717, 1.165) is 17.1 Å². The van der Waals surface area contributed by atoms with Crippen LogP contribution in [-0.2, 0) is 15.3 Å². The molecule has 0 aromatic carbocycles. The van der Waals surface area contributed by atoms with Crippen molar-refractivity contribution in [2.75, 3.05) is 12.9 Å². The number of hydrogen-bond donors (Lipinski definition) is 1. The number of nitrogens with zero attached hydrogens (tertiary/aromatic N) is 1. The summed E-state index contributed by atoms with van der Waals surface area (Å²) in [6, 6.07) is -0.523. The third kappa shape index (κ3) is 4.35. The summed E-state index contributed by atoms with van der Waals surface area (Å²) < 4.78 is 9.20. The van der Waals surface area contributed by atoms with Crippen LogP contribution in [-0.4, -0.2) is 30.0 Å². The predicted octanol–water partition coefficient (Wildman–Crippen LogP) is 0.798. The number of esters is 1. The molecule has 0 radical (unpaired) electrons. The van der Waals surface area contributed by atoms with E-state index in [-0.39, 0.29) is 5.97 Å². The average Bonchev–Trinajstić information content (AvgIpc) is 2.75. The fraction of sp³-hybridized carbons (Fsp3) is 0.556. The molecule has 2 N–H and O–H groups in total. The molecule has 0 spiro atoms. The van der Waals surface area contributed by atoms with Crippen molar-refractivity contribution in [2.24, 2.45) is 5.73 Å². The molecule has 0 aliphatic heterocycles. The van der Waals surface area contributed by atoms with E-state index in [2.05, 4.69) is 14.4 Å². The van der Waals surface area contributed by atoms with Crippen molar-refractivity contribution >= 4 is 17.7 Å². The normalized spacial score (nSPS) is 12.4. The smallest absolute Gasteiger partial charge is 0.322 e. The number of thioether (sulfide) groups is 1. The van der Waals surface area contributed by atoms with Crippen LogP contribution in [0.4, 0.5) is 0 Å². The van der Waals surface area contributed by atoms with E-state index >= 15 is 0 Å². The zero-order valence-electron chi connectivity index (χ0n) is 8.51. The van der Waals surface area contributed by atoms with Gasteiger partial charge in [-0.1, -0.05) is 5.16 Å². The molecule has 6 heteroatoms. The highest BCUT2D eigenvalue weighted by Gasteiger charge is 2.12. The van der Waals surface area contributed by atoms with Crippen LogP contribution >= 0.6 is 11.8 Å². The molecule has 1 heterocycles. The lowest BCUT2D eigenvalue weighted by atomic mass is 10.2. The molecule has 1 unspecified atom stereocenters. The highest BCUT2D eigenvalue weighted by molar-refractivity contribution is 7.98. The lowest BCUT2D eigenvalue weighted by molar-refractivity contribution is -0.142. The molecule has 0 amide bonds. The van der Waals surface area contributed by atoms with Crippen molar-refractivity contribution < 1.29 is 14.1 Å². The van der Waals surface area contributed by atoms with Gasteiger partial charge in [0.15, 0.2) is 0 Å². The summed E-state index contributed by atoms with van der Waals surface area (Å²) in [4.78, 5) is 11.0. The second kappa shape index (κ2) is 6.47. The molecular formula is C9H14N2O3S. The predicted molar refractivity (Wildman–Crippen MR) is 57.3 cm³/mol. The molecule has 0 saturated heterocycles. The SMILES string of the molecule is COC(=O)C(N)CCSCc1cnoc1. The Morgan fingerprint density at radius 2 is 2.60 bits per heavy atom. The molecule has 1 aromatic heterocycles. The van der Waals surface area contributed by atoms with Crippen molar-refractivity contribution in [2.45, 2.75) is 18.2 Å². The quantitative estimate of drug-likeness (QED) is 0.575. The number of carbonyl (C=O) groups excluding carboxylic acids is 1. The number of carbonyl (C=O) groups is 1. The number of rotatable bonds is 6. The molecule has 5 nitrogen and oxygen atoms in total. The first-order valence-corrected chi connectivity index (χ1v) is 5.69. The van der Waals surface area contributed by atoms with E-state index < -0.39 is 6.04 Å². The summed E-state index contributed by atoms with van der Waals surface area (Å²) in [7, 11) is 1.34. The topological polar surface area (TPSA) is 78.4 Å². The van der Waals surface area contributed by atoms with Crippen LogP contribution < -0.4 is 5.73 Å². The first-order valence-electron chi connectivity index (χ1n) is 4.53. The number of ether oxygens (including phenoxy) is 1. The number of aromatic nitrogens is 1. The summed E-state index contributed by atoms with van der Waals surface area (Å²) in [6.07, 6.45) is 3.89. The first-order chi connectivity index (χ1) is 7.24. The summed E-state index contributed by atoms with van der Waals surface area (Å²) in [5.74, 6) is 1.26. The minimum Gasteiger partial charge on any atom is -0.468 e. The van der Waals surface area contributed by atoms with Crippen LogP contribution in [0.15, 0.2) is 17.0 Å². The van der Waals surface area contributed by atoms with Crippen molar-refractivity contribution in [3.05, 3.63) is 18.0 Å². The molecule has 0 aliphatic carbocycles. The fourth-order valence-electron chi connectivity index (χ4n) is 0.968. The van der Waals surface area contributed by atoms with Gasteiger partial charge in [-0.15, -0.1) is 0 Å². The van der Waals surface area contributed by atoms with Crippen LogP contribution in [0.5, 0.6) is 0 Å². The van der Waals surface area contributed by atoms with Crippen molar-refractivity contribution in [3.63, 3.8) is 0 Å². The maximum atomic E-state index is 11.0. The van der Waals surface area contributed by atoms with Gasteiger partial charge in [0.05, 0.1) is 13.3 Å². The molecule has 0 saturated carbocycles. The van der Waals surface area contributed by atoms with Gasteiger partial charge in [-0.3, -0.25) is 4.79 Å². The largest absolute Gasteiger partial charge is 0.468 e. The van der Waals surface area contributed by atoms with E-state index in [1.807, 2.05) is 0 Å². The van der Waals surface area contributed by atoms with E-state index in [4.69, 9.17) is 5.73 Å². The third-order valence-corrected chi connectivity index (χ3v) is 2.89. The van der Waals surface area contributed by atoms with Gasteiger partial charge >= 0.3 is 5.97 Å². The Morgan fingerprint density at radius 3 is 3.20 bits per heavy atom. The standard InChI is InChI=1S/C9H14N2O3S/c1-13-9(12)8(10)2-3-15-6-7-4-11-14-5-7/h4-5,8H,2-3,6,10H2,1H3. The van der Waals surface area contributed by atoms with E-state index in [9.17, 15) is 4.79 Å². The highest BCUT2D eigenvalue weighted by Crippen LogP contribution is 2.12. The monoisotopic (exact) mass is 230 g/mol. The van der Waals surface area contributed by atoms with Crippen LogP contribution in [0.25, 0.3) is 0 Å². The first kappa shape index (κ1) is 12.1. The summed E-state index contributed by atoms with van der Waals surface area (Å²) in [6.45, 7) is 0. The molecule has 1 aromatic rings. The second-order valence-corrected chi connectivity index (χ2v) is 4.11. The number of nitrogens with two attached hydrogens (primary N) is 1. The van der Waals surface area contributed by atoms with Gasteiger partial charge in [-0.2, -0.15) is 11.8 Å². The number of hydrogen-bond acceptors (Lipinski definition) is 6. The average molecular weight is 230 g/mol. The van der Waals surface area contributed by atoms with Gasteiger partial charge in [0.1, 0.15) is 12.3 Å². The van der Waals surface area contributed by atoms with Crippen molar-refractivity contribution in [1.29, 1.82) is 0 Å². The van der Waals surface area contributed by atoms with Crippen LogP contribution in [0.2, 0.25) is 0 Å². The molecule has 0 fully saturated rings. The van der Waals surface area contributed by atoms with Crippen molar-refractivity contribution in [3.8, 4) is 0 Å². The molecule has 0 bridgehead atoms. The summed E-state index contributed by atoms with van der Waals surface area (Å²) in [5, 5.41) is 3.59. The third-order valence-electron chi connectivity index (χ3n) is 1.83. The van der Waals surface area contributed by atoms with Gasteiger partial charge < -0.3 is 15.0 Å². The minimum atomic E-state index is -0.523. The Hall–Kier alpha value is -1.01. The zero-order valence-corrected chi connectivity index (χ0v) is 9.33. The number of methoxy groups -OCH3 is 1. The molecule has 84 valence electrons. The van der Waals surface area contributed by atoms with Gasteiger partial charge in [0.2, 0.25) is 0 Å². The second-order valence-electron chi connectivity index (χ2n) is 3.00. The van der Waals surface area contributed by atoms with E-state index in [0.29, 0.717) is 6.42 Å². The van der Waals surface area contributed by atoms with Crippen LogP contribution in [0.1, 0.15) is 12.0 Å². The minimum absolute atomic E-state index is 0.361. The molecule has 1 atom stereocenters. The Bertz CT molecular complexity index is 290. The maximum absolute atomic E-state index is 11.0. The zero-order chi connectivity index (χ0) is 11.1. The Morgan fingerprint density at radius 1 is 1.80 bits per heavy atom. The molecular weight excluding hydrogens is 216 g/mol. The lowest BCUT2D eigenvalue weighted by Crippen LogP contribution is -2.31. The van der Waals surface area contributed by atoms with Crippen molar-refractivity contribution in [1.82, 2.24) is 5.16 Å². The Balaban J connectivity index is 2.09. The Kier molecular flexibility index (Phi) is 5.20. The van der Waals surface area contributed by atoms with Gasteiger partial charge in [-0.05, 0) is 12.2 Å². The van der Waals surface area contributed by atoms with E-state index in [1.54, 1.807) is 24.2 Å². The van der Waals surface area contributed by atoms with E-state index in [1.165, 1.54) is 7.11 Å². The summed E-state index contributed by atoms with van der Waals surface area (Å²) in [5.41, 5.74) is 6.60. The maximum Gasteiger partial charge on any atom is 0.322 e. The van der Waals surface area contributed by atoms with Gasteiger partial charge in [0.25, 0.3) is 0 Å². The van der Waals surface area contributed by atoms with Gasteiger partial charge in [0, 0.05) is 11.3 Å². The molecule has 1 rings (SSSR count). The summed E-state index contributed by atoms with van der Waals surface area (Å²) >= 11 is 1.68. The molecule has 15 heavy (non-hydrogen) atoms. The van der Waals surface area contributed by atoms with Crippen LogP contribution in [0, 0.1) is 0 Å². The highest BCUT2D eigenvalue weighted by atomic mass is 32.2. The molecule has 0 aliphatic rings. The van der Waals surface area contributed by atoms with Crippen LogP contribution in [0.3, 0.4) is 0 Å². The Labute approximate surface area is 92.3 Å². The fourth-order valence-corrected chi connectivity index (χ4v) is 1.91. The lowest BCUT2D eigenvalue weighted by Gasteiger charge is -2.07.